The third-order valence-corrected chi connectivity index (χ3v) is 6.08. The van der Waals surface area contributed by atoms with Crippen LogP contribution in [0.5, 0.6) is 0 Å². The molecule has 2 aromatic rings. The summed E-state index contributed by atoms with van der Waals surface area (Å²) in [5.41, 5.74) is 8.98. The molecule has 8 heteroatoms. The van der Waals surface area contributed by atoms with Gasteiger partial charge in [-0.25, -0.2) is 0 Å². The van der Waals surface area contributed by atoms with Gasteiger partial charge in [-0.05, 0) is 36.6 Å². The van der Waals surface area contributed by atoms with E-state index in [1.54, 1.807) is 24.3 Å². The molecule has 2 fully saturated rings. The standard InChI is InChI=1S/C22H19N5O3/c23-10-11-5-6-16(25-19(11)14-9-15(14)24)20-12-3-1-2-4-13(12)22(30)27(20)17-7-8-18(28)26-21(17)29/h1-6,14-15,17,20H,7-9,24H2,(H,26,28,29). The predicted octanol–water partition coefficient (Wildman–Crippen LogP) is 1.12. The first-order valence-electron chi connectivity index (χ1n) is 9.91. The number of carbonyl (C=O) groups is 3. The summed E-state index contributed by atoms with van der Waals surface area (Å²) in [6, 6.07) is 11.5. The molecule has 2 aliphatic heterocycles. The first kappa shape index (κ1) is 18.5. The molecule has 0 radical (unpaired) electrons. The number of pyridine rings is 1. The lowest BCUT2D eigenvalue weighted by molar-refractivity contribution is -0.137. The molecular weight excluding hydrogens is 382 g/mol. The molecule has 4 unspecified atom stereocenters. The molecular formula is C22H19N5O3. The van der Waals surface area contributed by atoms with Gasteiger partial charge in [-0.2, -0.15) is 5.26 Å². The maximum Gasteiger partial charge on any atom is 0.255 e. The van der Waals surface area contributed by atoms with E-state index in [0.29, 0.717) is 22.5 Å². The lowest BCUT2D eigenvalue weighted by Gasteiger charge is -2.34. The van der Waals surface area contributed by atoms with Crippen LogP contribution >= 0.6 is 0 Å². The highest BCUT2D eigenvalue weighted by Crippen LogP contribution is 2.43. The van der Waals surface area contributed by atoms with Crippen LogP contribution in [0.2, 0.25) is 0 Å². The fraction of sp³-hybridized carbons (Fsp3) is 0.318. The number of nitriles is 1. The first-order valence-corrected chi connectivity index (χ1v) is 9.91. The molecule has 3 heterocycles. The van der Waals surface area contributed by atoms with Crippen molar-refractivity contribution in [1.29, 1.82) is 5.26 Å². The molecule has 8 nitrogen and oxygen atoms in total. The Bertz CT molecular complexity index is 1140. The number of aromatic nitrogens is 1. The number of hydrogen-bond donors (Lipinski definition) is 2. The third kappa shape index (κ3) is 2.78. The number of carbonyl (C=O) groups excluding carboxylic acids is 3. The van der Waals surface area contributed by atoms with Crippen molar-refractivity contribution in [2.75, 3.05) is 0 Å². The van der Waals surface area contributed by atoms with Gasteiger partial charge < -0.3 is 10.6 Å². The Labute approximate surface area is 172 Å². The van der Waals surface area contributed by atoms with E-state index >= 15 is 0 Å². The van der Waals surface area contributed by atoms with E-state index in [1.165, 1.54) is 4.90 Å². The Balaban J connectivity index is 1.62. The Morgan fingerprint density at radius 3 is 2.63 bits per heavy atom. The number of piperidine rings is 1. The molecule has 1 aliphatic carbocycles. The molecule has 4 atom stereocenters. The van der Waals surface area contributed by atoms with Gasteiger partial charge in [0.2, 0.25) is 11.8 Å². The highest BCUT2D eigenvalue weighted by Gasteiger charge is 2.46. The Morgan fingerprint density at radius 1 is 1.17 bits per heavy atom. The van der Waals surface area contributed by atoms with Crippen LogP contribution < -0.4 is 11.1 Å². The van der Waals surface area contributed by atoms with Gasteiger partial charge in [-0.15, -0.1) is 0 Å². The minimum atomic E-state index is -0.767. The average Bonchev–Trinajstić information content (AvgIpc) is 3.40. The summed E-state index contributed by atoms with van der Waals surface area (Å²) in [6.07, 6.45) is 1.20. The predicted molar refractivity (Wildman–Crippen MR) is 105 cm³/mol. The van der Waals surface area contributed by atoms with E-state index in [4.69, 9.17) is 10.7 Å². The number of imide groups is 1. The highest BCUT2D eigenvalue weighted by molar-refractivity contribution is 6.06. The normalized spacial score (nSPS) is 27.5. The minimum Gasteiger partial charge on any atom is -0.327 e. The highest BCUT2D eigenvalue weighted by atomic mass is 16.2. The van der Waals surface area contributed by atoms with E-state index in [1.807, 2.05) is 12.1 Å². The number of fused-ring (bicyclic) bond motifs is 1. The van der Waals surface area contributed by atoms with Gasteiger partial charge in [-0.3, -0.25) is 24.7 Å². The number of hydrogen-bond acceptors (Lipinski definition) is 6. The summed E-state index contributed by atoms with van der Waals surface area (Å²) in [5, 5.41) is 11.8. The van der Waals surface area contributed by atoms with Crippen molar-refractivity contribution in [3.8, 4) is 6.07 Å². The van der Waals surface area contributed by atoms with Crippen molar-refractivity contribution in [3.05, 3.63) is 64.5 Å². The van der Waals surface area contributed by atoms with E-state index in [-0.39, 0.29) is 36.6 Å². The van der Waals surface area contributed by atoms with Crippen LogP contribution in [-0.4, -0.2) is 39.7 Å². The number of rotatable bonds is 3. The Kier molecular flexibility index (Phi) is 4.15. The van der Waals surface area contributed by atoms with Gasteiger partial charge >= 0.3 is 0 Å². The first-order chi connectivity index (χ1) is 14.5. The van der Waals surface area contributed by atoms with Crippen LogP contribution in [0.4, 0.5) is 0 Å². The number of benzene rings is 1. The zero-order valence-corrected chi connectivity index (χ0v) is 16.0. The lowest BCUT2D eigenvalue weighted by atomic mass is 9.98. The second-order valence-corrected chi connectivity index (χ2v) is 7.96. The third-order valence-electron chi connectivity index (χ3n) is 6.08. The minimum absolute atomic E-state index is 0.0241. The zero-order valence-electron chi connectivity index (χ0n) is 16.0. The van der Waals surface area contributed by atoms with Crippen LogP contribution in [0.1, 0.15) is 64.1 Å². The second-order valence-electron chi connectivity index (χ2n) is 7.96. The van der Waals surface area contributed by atoms with Crippen molar-refractivity contribution in [2.45, 2.75) is 43.3 Å². The van der Waals surface area contributed by atoms with Crippen molar-refractivity contribution < 1.29 is 14.4 Å². The number of nitrogens with two attached hydrogens (primary N) is 1. The second kappa shape index (κ2) is 6.75. The van der Waals surface area contributed by atoms with Crippen LogP contribution in [-0.2, 0) is 9.59 Å². The summed E-state index contributed by atoms with van der Waals surface area (Å²) >= 11 is 0. The van der Waals surface area contributed by atoms with Gasteiger partial charge in [0.15, 0.2) is 0 Å². The van der Waals surface area contributed by atoms with Crippen LogP contribution in [0.3, 0.4) is 0 Å². The van der Waals surface area contributed by atoms with Crippen molar-refractivity contribution in [2.24, 2.45) is 5.73 Å². The van der Waals surface area contributed by atoms with Gasteiger partial charge in [0, 0.05) is 23.9 Å². The van der Waals surface area contributed by atoms with Gasteiger partial charge in [-0.1, -0.05) is 18.2 Å². The summed E-state index contributed by atoms with van der Waals surface area (Å²) < 4.78 is 0. The molecule has 3 amide bonds. The molecule has 5 rings (SSSR count). The molecule has 1 saturated heterocycles. The number of amides is 3. The monoisotopic (exact) mass is 401 g/mol. The fourth-order valence-electron chi connectivity index (χ4n) is 4.46. The maximum absolute atomic E-state index is 13.3. The van der Waals surface area contributed by atoms with Crippen LogP contribution in [0, 0.1) is 11.3 Å². The number of nitrogens with one attached hydrogen (secondary N) is 1. The van der Waals surface area contributed by atoms with Crippen molar-refractivity contribution >= 4 is 17.7 Å². The zero-order chi connectivity index (χ0) is 21.0. The molecule has 0 bridgehead atoms. The molecule has 150 valence electrons. The lowest BCUT2D eigenvalue weighted by Crippen LogP contribution is -2.53. The maximum atomic E-state index is 13.3. The van der Waals surface area contributed by atoms with E-state index < -0.39 is 18.0 Å². The summed E-state index contributed by atoms with van der Waals surface area (Å²) in [5.74, 6) is -1.05. The van der Waals surface area contributed by atoms with Crippen LogP contribution in [0.25, 0.3) is 0 Å². The topological polar surface area (TPSA) is 129 Å². The van der Waals surface area contributed by atoms with E-state index in [2.05, 4.69) is 11.4 Å². The van der Waals surface area contributed by atoms with Crippen molar-refractivity contribution in [3.63, 3.8) is 0 Å². The van der Waals surface area contributed by atoms with Gasteiger partial charge in [0.25, 0.3) is 5.91 Å². The van der Waals surface area contributed by atoms with Gasteiger partial charge in [0.05, 0.1) is 17.0 Å². The summed E-state index contributed by atoms with van der Waals surface area (Å²) in [6.45, 7) is 0. The Morgan fingerprint density at radius 2 is 1.93 bits per heavy atom. The van der Waals surface area contributed by atoms with E-state index in [0.717, 1.165) is 12.0 Å². The summed E-state index contributed by atoms with van der Waals surface area (Å²) in [7, 11) is 0. The smallest absolute Gasteiger partial charge is 0.255 e. The molecule has 1 aromatic heterocycles. The average molecular weight is 401 g/mol. The SMILES string of the molecule is N#Cc1ccc(C2c3ccccc3C(=O)N2C2CCC(=O)NC2=O)nc1C1CC1N. The Hall–Kier alpha value is -3.57. The van der Waals surface area contributed by atoms with E-state index in [9.17, 15) is 19.6 Å². The summed E-state index contributed by atoms with van der Waals surface area (Å²) in [4.78, 5) is 43.8. The molecule has 3 aliphatic rings. The molecule has 3 N–H and O–H groups in total. The quantitative estimate of drug-likeness (QED) is 0.742. The molecule has 1 saturated carbocycles. The number of nitrogens with zero attached hydrogens (tertiary/aromatic N) is 3. The fourth-order valence-corrected chi connectivity index (χ4v) is 4.46. The molecule has 30 heavy (non-hydrogen) atoms. The van der Waals surface area contributed by atoms with Crippen LogP contribution in [0.15, 0.2) is 36.4 Å². The van der Waals surface area contributed by atoms with Crippen molar-refractivity contribution in [1.82, 2.24) is 15.2 Å². The van der Waals surface area contributed by atoms with Gasteiger partial charge in [0.1, 0.15) is 18.2 Å². The molecule has 0 spiro atoms. The molecule has 1 aromatic carbocycles. The largest absolute Gasteiger partial charge is 0.327 e.